The lowest BCUT2D eigenvalue weighted by molar-refractivity contribution is -0.130. The van der Waals surface area contributed by atoms with Crippen molar-refractivity contribution < 1.29 is 57.3 Å². The van der Waals surface area contributed by atoms with E-state index in [4.69, 9.17) is 18.9 Å². The van der Waals surface area contributed by atoms with Gasteiger partial charge in [0.05, 0.1) is 49.7 Å². The number of methoxy groups -OCH3 is 1. The van der Waals surface area contributed by atoms with E-state index in [-0.39, 0.29) is 65.9 Å². The maximum atomic E-state index is 12.5. The zero-order chi connectivity index (χ0) is 74.0. The quantitative estimate of drug-likeness (QED) is 0.0225. The Hall–Kier alpha value is -11.3. The van der Waals surface area contributed by atoms with Crippen LogP contribution in [-0.4, -0.2) is 216 Å². The van der Waals surface area contributed by atoms with Crippen LogP contribution < -0.4 is 20.9 Å². The number of pyridine rings is 4. The van der Waals surface area contributed by atoms with Crippen LogP contribution in [0.2, 0.25) is 0 Å². The SMILES string of the molecule is C=CC(=O)N1CC(N(C)c2c(C(=O)OCC)cnc3[nH]ccc23)CCC1C.C=CC(=O)N1CC(Nc2c(C(=O)OC)cnc3[nH]ccc23)CCC1C.C=CC(=O)N1CC(Nc2c(C(=O)OCC)cnc3[nH]ccc23)CCC1C.C=CC(=O)N1CCCC(Nc2c(C(=O)OCC)cnc3[nH]ccc23)C1. The molecule has 28 nitrogen and oxygen atoms in total. The van der Waals surface area contributed by atoms with Gasteiger partial charge < -0.3 is 79.3 Å². The maximum Gasteiger partial charge on any atom is 0.341 e. The van der Waals surface area contributed by atoms with Crippen molar-refractivity contribution in [2.24, 2.45) is 0 Å². The number of nitrogens with one attached hydrogen (secondary N) is 7. The number of carbonyl (C=O) groups is 8. The zero-order valence-electron chi connectivity index (χ0n) is 59.8. The molecule has 12 rings (SSSR count). The summed E-state index contributed by atoms with van der Waals surface area (Å²) in [6, 6.07) is 8.26. The van der Waals surface area contributed by atoms with Gasteiger partial charge in [0, 0.05) is 153 Å². The van der Waals surface area contributed by atoms with Crippen LogP contribution in [0.25, 0.3) is 44.1 Å². The van der Waals surface area contributed by atoms with Crippen LogP contribution in [-0.2, 0) is 38.1 Å². The number of carbonyl (C=O) groups excluding carboxylic acids is 8. The average Bonchev–Trinajstić information content (AvgIpc) is 1.77. The normalized spacial score (nSPS) is 19.4. The van der Waals surface area contributed by atoms with E-state index in [1.165, 1.54) is 50.0 Å². The highest BCUT2D eigenvalue weighted by Gasteiger charge is 2.35. The number of rotatable bonds is 19. The molecule has 0 aromatic carbocycles. The second-order valence-electron chi connectivity index (χ2n) is 25.6. The summed E-state index contributed by atoms with van der Waals surface area (Å²) in [5.74, 6) is -1.93. The third kappa shape index (κ3) is 17.7. The number of anilines is 4. The lowest BCUT2D eigenvalue weighted by atomic mass is 9.97. The number of fused-ring (bicyclic) bond motifs is 4. The Bertz CT molecular complexity index is 4400. The topological polar surface area (TPSA) is 340 Å². The Morgan fingerprint density at radius 3 is 1.22 bits per heavy atom. The Kier molecular flexibility index (Phi) is 26.0. The molecule has 4 aliphatic rings. The fourth-order valence-corrected chi connectivity index (χ4v) is 13.6. The highest BCUT2D eigenvalue weighted by molar-refractivity contribution is 6.07. The van der Waals surface area contributed by atoms with Crippen LogP contribution in [0.1, 0.15) is 134 Å². The molecule has 7 atom stereocenters. The lowest BCUT2D eigenvalue weighted by Gasteiger charge is -2.42. The number of piperidine rings is 4. The highest BCUT2D eigenvalue weighted by Crippen LogP contribution is 2.36. The molecular weight excluding hydrogens is 1320 g/mol. The molecule has 4 aliphatic heterocycles. The van der Waals surface area contributed by atoms with Crippen molar-refractivity contribution in [2.75, 3.05) is 87.6 Å². The molecule has 8 aromatic rings. The monoisotopic (exact) mass is 1410 g/mol. The molecule has 546 valence electrons. The Labute approximate surface area is 598 Å². The summed E-state index contributed by atoms with van der Waals surface area (Å²) in [4.78, 5) is 136. The molecule has 4 fully saturated rings. The molecule has 0 saturated carbocycles. The minimum Gasteiger partial charge on any atom is -0.465 e. The molecule has 4 amide bonds. The van der Waals surface area contributed by atoms with E-state index in [0.717, 1.165) is 85.1 Å². The second-order valence-corrected chi connectivity index (χ2v) is 25.6. The number of esters is 4. The first-order valence-corrected chi connectivity index (χ1v) is 34.9. The maximum absolute atomic E-state index is 12.5. The van der Waals surface area contributed by atoms with E-state index < -0.39 is 23.9 Å². The van der Waals surface area contributed by atoms with E-state index >= 15 is 0 Å². The average molecular weight is 1410 g/mol. The summed E-state index contributed by atoms with van der Waals surface area (Å²) in [6.07, 6.45) is 25.8. The molecule has 7 N–H and O–H groups in total. The number of aromatic amines is 4. The predicted molar refractivity (Wildman–Crippen MR) is 396 cm³/mol. The van der Waals surface area contributed by atoms with Gasteiger partial charge in [-0.05, 0) is 141 Å². The minimum absolute atomic E-state index is 0.0313. The molecule has 0 bridgehead atoms. The first-order valence-electron chi connectivity index (χ1n) is 34.9. The van der Waals surface area contributed by atoms with Crippen molar-refractivity contribution in [3.63, 3.8) is 0 Å². The molecular formula is C75H94N16O12. The molecule has 7 unspecified atom stereocenters. The van der Waals surface area contributed by atoms with Crippen LogP contribution in [0.3, 0.4) is 0 Å². The van der Waals surface area contributed by atoms with Crippen molar-refractivity contribution in [3.05, 3.63) is 147 Å². The van der Waals surface area contributed by atoms with Crippen LogP contribution in [0, 0.1) is 0 Å². The minimum atomic E-state index is -0.443. The van der Waals surface area contributed by atoms with E-state index in [1.807, 2.05) is 59.9 Å². The third-order valence-electron chi connectivity index (χ3n) is 19.1. The number of likely N-dealkylation sites (N-methyl/N-ethyl adjacent to an activating group) is 1. The summed E-state index contributed by atoms with van der Waals surface area (Å²) in [5, 5.41) is 13.7. The fourth-order valence-electron chi connectivity index (χ4n) is 13.6. The van der Waals surface area contributed by atoms with E-state index in [2.05, 4.69) is 94.0 Å². The van der Waals surface area contributed by atoms with Gasteiger partial charge in [-0.3, -0.25) is 19.2 Å². The van der Waals surface area contributed by atoms with E-state index in [1.54, 1.807) is 56.7 Å². The van der Waals surface area contributed by atoms with Crippen molar-refractivity contribution in [3.8, 4) is 0 Å². The number of hydrogen-bond donors (Lipinski definition) is 7. The van der Waals surface area contributed by atoms with Crippen LogP contribution in [0.4, 0.5) is 22.7 Å². The summed E-state index contributed by atoms with van der Waals surface area (Å²) in [5.41, 5.74) is 7.29. The second kappa shape index (κ2) is 35.3. The molecule has 103 heavy (non-hydrogen) atoms. The number of ether oxygens (including phenoxy) is 4. The predicted octanol–water partition coefficient (Wildman–Crippen LogP) is 10.1. The number of amides is 4. The van der Waals surface area contributed by atoms with Crippen LogP contribution in [0.5, 0.6) is 0 Å². The van der Waals surface area contributed by atoms with Crippen LogP contribution in [0.15, 0.2) is 124 Å². The van der Waals surface area contributed by atoms with Crippen molar-refractivity contribution in [2.45, 2.75) is 135 Å². The van der Waals surface area contributed by atoms with Gasteiger partial charge in [-0.1, -0.05) is 26.3 Å². The third-order valence-corrected chi connectivity index (χ3v) is 19.1. The van der Waals surface area contributed by atoms with Crippen molar-refractivity contribution >= 4 is 114 Å². The first-order chi connectivity index (χ1) is 49.7. The molecule has 4 saturated heterocycles. The molecule has 0 aliphatic carbocycles. The van der Waals surface area contributed by atoms with Gasteiger partial charge in [0.25, 0.3) is 0 Å². The van der Waals surface area contributed by atoms with Crippen molar-refractivity contribution in [1.29, 1.82) is 0 Å². The Morgan fingerprint density at radius 2 is 0.825 bits per heavy atom. The summed E-state index contributed by atoms with van der Waals surface area (Å²) < 4.78 is 20.4. The largest absolute Gasteiger partial charge is 0.465 e. The number of hydrogen-bond acceptors (Lipinski definition) is 20. The van der Waals surface area contributed by atoms with Gasteiger partial charge in [0.1, 0.15) is 44.8 Å². The van der Waals surface area contributed by atoms with Gasteiger partial charge in [-0.2, -0.15) is 0 Å². The van der Waals surface area contributed by atoms with Gasteiger partial charge in [0.15, 0.2) is 0 Å². The highest BCUT2D eigenvalue weighted by atomic mass is 16.5. The zero-order valence-corrected chi connectivity index (χ0v) is 59.8. The van der Waals surface area contributed by atoms with Crippen LogP contribution >= 0.6 is 0 Å². The van der Waals surface area contributed by atoms with E-state index in [9.17, 15) is 38.4 Å². The number of H-pyrrole nitrogens is 4. The first kappa shape index (κ1) is 75.9. The molecule has 12 heterocycles. The molecule has 28 heteroatoms. The molecule has 0 radical (unpaired) electrons. The van der Waals surface area contributed by atoms with Gasteiger partial charge in [-0.25, -0.2) is 39.1 Å². The summed E-state index contributed by atoms with van der Waals surface area (Å²) in [7, 11) is 3.31. The lowest BCUT2D eigenvalue weighted by Crippen LogP contribution is -2.52. The number of aromatic nitrogens is 8. The van der Waals surface area contributed by atoms with Gasteiger partial charge in [0.2, 0.25) is 23.6 Å². The Balaban J connectivity index is 0.000000160. The van der Waals surface area contributed by atoms with Crippen molar-refractivity contribution in [1.82, 2.24) is 59.5 Å². The number of likely N-dealkylation sites (tertiary alicyclic amines) is 4. The number of nitrogens with zero attached hydrogens (tertiary/aromatic N) is 9. The molecule has 0 spiro atoms. The smallest absolute Gasteiger partial charge is 0.341 e. The van der Waals surface area contributed by atoms with Gasteiger partial charge in [-0.15, -0.1) is 0 Å². The van der Waals surface area contributed by atoms with E-state index in [0.29, 0.717) is 108 Å². The fraction of sp³-hybridized carbons (Fsp3) is 0.413. The summed E-state index contributed by atoms with van der Waals surface area (Å²) in [6.45, 7) is 29.7. The molecule has 8 aromatic heterocycles. The van der Waals surface area contributed by atoms with Gasteiger partial charge >= 0.3 is 23.9 Å². The summed E-state index contributed by atoms with van der Waals surface area (Å²) >= 11 is 0. The standard InChI is InChI=1S/C20H26N4O3.C19H24N4O3.2C18H22N4O3/c1-5-17(25)24-12-14(8-7-13(24)3)23(4)18-15-9-10-21-19(15)22-11-16(18)20(26)27-6-2;1-4-16(24)23-11-13(7-6-12(23)3)22-17-14-8-9-20-18(14)21-10-15(17)19(25)26-5-2;1-4-15(23)22-10-12(6-5-11(22)2)21-16-13-7-8-19-17(13)20-9-14(16)18(24)25-3;1-3-15(23)22-9-5-6-12(11-22)21-16-13-7-8-19-17(13)20-10-14(16)18(24)25-4-2/h5,9-11,13-14H,1,6-8,12H2,2-4H3,(H,21,22);4,8-10,12-13H,1,5-7,11H2,2-3H3,(H2,20,21,22);4,7-9,11-12H,1,5-6,10H2,2-3H3,(H2,19,20,21);3,7-8,10,12H,1,4-6,9,11H2,2H3,(H2,19,20,21). The Morgan fingerprint density at radius 1 is 0.476 bits per heavy atom.